The van der Waals surface area contributed by atoms with E-state index in [1.54, 1.807) is 0 Å². The number of methoxy groups -OCH3 is 1. The Morgan fingerprint density at radius 3 is 2.64 bits per heavy atom. The second-order valence-corrected chi connectivity index (χ2v) is 2.08. The van der Waals surface area contributed by atoms with Crippen molar-refractivity contribution in [1.29, 1.82) is 0 Å². The Bertz CT molecular complexity index is 332. The van der Waals surface area contributed by atoms with Gasteiger partial charge in [-0.2, -0.15) is 8.78 Å². The molecule has 0 saturated carbocycles. The summed E-state index contributed by atoms with van der Waals surface area (Å²) in [6.07, 6.45) is 2.30. The van der Waals surface area contributed by atoms with E-state index in [1.807, 2.05) is 0 Å². The van der Waals surface area contributed by atoms with Gasteiger partial charge in [-0.15, -0.1) is 0 Å². The third kappa shape index (κ3) is 2.35. The topological polar surface area (TPSA) is 61.3 Å². The molecule has 0 aliphatic heterocycles. The van der Waals surface area contributed by atoms with Crippen molar-refractivity contribution in [2.75, 3.05) is 7.11 Å². The van der Waals surface area contributed by atoms with Crippen molar-refractivity contribution in [1.82, 2.24) is 9.97 Å². The number of alkyl halides is 2. The molecule has 0 N–H and O–H groups in total. The van der Waals surface area contributed by atoms with Crippen LogP contribution in [0.25, 0.3) is 0 Å². The number of hydrogen-bond donors (Lipinski definition) is 0. The number of ether oxygens (including phenoxy) is 2. The van der Waals surface area contributed by atoms with Crippen molar-refractivity contribution in [2.45, 2.75) is 6.61 Å². The Hall–Kier alpha value is -1.79. The summed E-state index contributed by atoms with van der Waals surface area (Å²) in [6.45, 7) is -3.06. The largest absolute Gasteiger partial charge is 0.464 e. The van der Waals surface area contributed by atoms with Crippen LogP contribution in [0, 0.1) is 0 Å². The molecule has 0 bridgehead atoms. The van der Waals surface area contributed by atoms with Crippen molar-refractivity contribution in [2.24, 2.45) is 0 Å². The van der Waals surface area contributed by atoms with Gasteiger partial charge >= 0.3 is 12.6 Å². The second kappa shape index (κ2) is 4.45. The summed E-state index contributed by atoms with van der Waals surface area (Å²) in [5.74, 6) is -1.43. The molecule has 0 atom stereocenters. The molecule has 0 aliphatic carbocycles. The van der Waals surface area contributed by atoms with Crippen LogP contribution in [0.5, 0.6) is 5.88 Å². The molecule has 0 radical (unpaired) electrons. The quantitative estimate of drug-likeness (QED) is 0.683. The Balaban J connectivity index is 2.97. The first-order chi connectivity index (χ1) is 6.65. The van der Waals surface area contributed by atoms with Gasteiger partial charge in [0.1, 0.15) is 0 Å². The van der Waals surface area contributed by atoms with Gasteiger partial charge in [-0.3, -0.25) is 0 Å². The van der Waals surface area contributed by atoms with Crippen molar-refractivity contribution >= 4 is 5.97 Å². The number of halogens is 2. The summed E-state index contributed by atoms with van der Waals surface area (Å²) in [6, 6.07) is 0. The van der Waals surface area contributed by atoms with E-state index in [1.165, 1.54) is 6.20 Å². The first kappa shape index (κ1) is 10.3. The lowest BCUT2D eigenvalue weighted by Gasteiger charge is -2.05. The molecule has 0 unspecified atom stereocenters. The zero-order valence-corrected chi connectivity index (χ0v) is 7.11. The highest BCUT2D eigenvalue weighted by Crippen LogP contribution is 2.14. The molecule has 1 rings (SSSR count). The van der Waals surface area contributed by atoms with Crippen LogP contribution >= 0.6 is 0 Å². The molecule has 0 fully saturated rings. The van der Waals surface area contributed by atoms with E-state index in [0.717, 1.165) is 13.3 Å². The molecule has 0 saturated heterocycles. The normalized spacial score (nSPS) is 10.0. The minimum Gasteiger partial charge on any atom is -0.464 e. The number of esters is 1. The third-order valence-corrected chi connectivity index (χ3v) is 1.24. The lowest BCUT2D eigenvalue weighted by atomic mass is 10.4. The number of nitrogens with zero attached hydrogens (tertiary/aromatic N) is 2. The van der Waals surface area contributed by atoms with Crippen LogP contribution in [0.4, 0.5) is 8.78 Å². The highest BCUT2D eigenvalue weighted by Gasteiger charge is 2.18. The predicted molar refractivity (Wildman–Crippen MR) is 40.0 cm³/mol. The van der Waals surface area contributed by atoms with Crippen LogP contribution in [-0.2, 0) is 4.74 Å². The van der Waals surface area contributed by atoms with Crippen LogP contribution in [0.2, 0.25) is 0 Å². The maximum absolute atomic E-state index is 11.8. The van der Waals surface area contributed by atoms with Gasteiger partial charge in [0.05, 0.1) is 7.11 Å². The van der Waals surface area contributed by atoms with Gasteiger partial charge < -0.3 is 9.47 Å². The average molecular weight is 204 g/mol. The summed E-state index contributed by atoms with van der Waals surface area (Å²) >= 11 is 0. The highest BCUT2D eigenvalue weighted by molar-refractivity contribution is 5.89. The SMILES string of the molecule is COC(=O)c1nccnc1OC(F)F. The van der Waals surface area contributed by atoms with E-state index in [9.17, 15) is 13.6 Å². The van der Waals surface area contributed by atoms with Crippen molar-refractivity contribution in [3.8, 4) is 5.88 Å². The molecule has 1 aromatic heterocycles. The fourth-order valence-electron chi connectivity index (χ4n) is 0.733. The zero-order chi connectivity index (χ0) is 10.6. The maximum atomic E-state index is 11.8. The molecule has 1 heterocycles. The van der Waals surface area contributed by atoms with E-state index in [0.29, 0.717) is 0 Å². The minimum absolute atomic E-state index is 0.379. The molecule has 1 aromatic rings. The summed E-state index contributed by atoms with van der Waals surface area (Å²) in [7, 11) is 1.10. The smallest absolute Gasteiger partial charge is 0.388 e. The molecular formula is C7H6F2N2O3. The maximum Gasteiger partial charge on any atom is 0.388 e. The Morgan fingerprint density at radius 1 is 1.43 bits per heavy atom. The van der Waals surface area contributed by atoms with Crippen LogP contribution in [0.1, 0.15) is 10.5 Å². The fourth-order valence-corrected chi connectivity index (χ4v) is 0.733. The number of carbonyl (C=O) groups excluding carboxylic acids is 1. The summed E-state index contributed by atoms with van der Waals surface area (Å²) < 4.78 is 31.9. The first-order valence-corrected chi connectivity index (χ1v) is 3.49. The molecule has 14 heavy (non-hydrogen) atoms. The fraction of sp³-hybridized carbons (Fsp3) is 0.286. The highest BCUT2D eigenvalue weighted by atomic mass is 19.3. The Morgan fingerprint density at radius 2 is 2.07 bits per heavy atom. The van der Waals surface area contributed by atoms with Gasteiger partial charge in [0.2, 0.25) is 5.69 Å². The summed E-state index contributed by atoms with van der Waals surface area (Å²) in [4.78, 5) is 17.9. The van der Waals surface area contributed by atoms with Crippen LogP contribution in [-0.4, -0.2) is 29.7 Å². The molecule has 0 aromatic carbocycles. The molecule has 7 heteroatoms. The average Bonchev–Trinajstić information content (AvgIpc) is 2.16. The molecule has 76 valence electrons. The van der Waals surface area contributed by atoms with Gasteiger partial charge in [-0.1, -0.05) is 0 Å². The van der Waals surface area contributed by atoms with Crippen LogP contribution < -0.4 is 4.74 Å². The van der Waals surface area contributed by atoms with E-state index in [-0.39, 0.29) is 5.69 Å². The first-order valence-electron chi connectivity index (χ1n) is 3.49. The van der Waals surface area contributed by atoms with Crippen molar-refractivity contribution in [3.05, 3.63) is 18.1 Å². The van der Waals surface area contributed by atoms with Gasteiger partial charge in [-0.25, -0.2) is 14.8 Å². The summed E-state index contributed by atoms with van der Waals surface area (Å²) in [5.41, 5.74) is -0.379. The number of hydrogen-bond acceptors (Lipinski definition) is 5. The van der Waals surface area contributed by atoms with E-state index in [2.05, 4.69) is 19.4 Å². The van der Waals surface area contributed by atoms with Crippen LogP contribution in [0.3, 0.4) is 0 Å². The zero-order valence-electron chi connectivity index (χ0n) is 7.11. The Kier molecular flexibility index (Phi) is 3.27. The lowest BCUT2D eigenvalue weighted by molar-refractivity contribution is -0.0537. The van der Waals surface area contributed by atoms with E-state index < -0.39 is 18.5 Å². The van der Waals surface area contributed by atoms with E-state index >= 15 is 0 Å². The van der Waals surface area contributed by atoms with E-state index in [4.69, 9.17) is 0 Å². The molecule has 0 amide bonds. The van der Waals surface area contributed by atoms with Crippen molar-refractivity contribution in [3.63, 3.8) is 0 Å². The standard InChI is InChI=1S/C7H6F2N2O3/c1-13-6(12)4-5(14-7(8)9)11-3-2-10-4/h2-3,7H,1H3. The number of aromatic nitrogens is 2. The molecule has 0 aliphatic rings. The predicted octanol–water partition coefficient (Wildman–Crippen LogP) is 0.865. The summed E-state index contributed by atoms with van der Waals surface area (Å²) in [5, 5.41) is 0. The van der Waals surface area contributed by atoms with Gasteiger partial charge in [-0.05, 0) is 0 Å². The molecule has 5 nitrogen and oxygen atoms in total. The van der Waals surface area contributed by atoms with Gasteiger partial charge in [0.25, 0.3) is 5.88 Å². The minimum atomic E-state index is -3.06. The van der Waals surface area contributed by atoms with Crippen LogP contribution in [0.15, 0.2) is 12.4 Å². The van der Waals surface area contributed by atoms with Crippen molar-refractivity contribution < 1.29 is 23.0 Å². The molecule has 0 spiro atoms. The van der Waals surface area contributed by atoms with Gasteiger partial charge in [0.15, 0.2) is 0 Å². The second-order valence-electron chi connectivity index (χ2n) is 2.08. The Labute approximate surface area is 77.7 Å². The number of carbonyl (C=O) groups is 1. The number of rotatable bonds is 3. The monoisotopic (exact) mass is 204 g/mol. The lowest BCUT2D eigenvalue weighted by Crippen LogP contribution is -2.12. The molecular weight excluding hydrogens is 198 g/mol. The van der Waals surface area contributed by atoms with Gasteiger partial charge in [0, 0.05) is 12.4 Å². The third-order valence-electron chi connectivity index (χ3n) is 1.24.